The van der Waals surface area contributed by atoms with Crippen LogP contribution in [0.4, 0.5) is 20.2 Å². The molecule has 0 radical (unpaired) electrons. The Labute approximate surface area is 136 Å². The highest BCUT2D eigenvalue weighted by molar-refractivity contribution is 9.11. The van der Waals surface area contributed by atoms with E-state index in [0.717, 1.165) is 6.07 Å². The molecule has 0 atom stereocenters. The molecule has 2 rings (SSSR count). The van der Waals surface area contributed by atoms with Gasteiger partial charge in [0.2, 0.25) is 0 Å². The van der Waals surface area contributed by atoms with Gasteiger partial charge in [-0.25, -0.2) is 8.78 Å². The lowest BCUT2D eigenvalue weighted by molar-refractivity contribution is 0.584. The predicted molar refractivity (Wildman–Crippen MR) is 87.4 cm³/mol. The van der Waals surface area contributed by atoms with Crippen molar-refractivity contribution >= 4 is 60.4 Å². The SMILES string of the molecule is NC(=S)c1c(Br)cccc1Nc1c(F)cc(F)cc1Br. The van der Waals surface area contributed by atoms with Gasteiger partial charge < -0.3 is 11.1 Å². The van der Waals surface area contributed by atoms with Gasteiger partial charge >= 0.3 is 0 Å². The Balaban J connectivity index is 2.51. The summed E-state index contributed by atoms with van der Waals surface area (Å²) in [6, 6.07) is 7.20. The smallest absolute Gasteiger partial charge is 0.150 e. The van der Waals surface area contributed by atoms with Gasteiger partial charge in [-0.15, -0.1) is 0 Å². The highest BCUT2D eigenvalue weighted by atomic mass is 79.9. The van der Waals surface area contributed by atoms with Crippen molar-refractivity contribution in [2.75, 3.05) is 5.32 Å². The summed E-state index contributed by atoms with van der Waals surface area (Å²) in [4.78, 5) is 0.165. The molecule has 20 heavy (non-hydrogen) atoms. The summed E-state index contributed by atoms with van der Waals surface area (Å²) < 4.78 is 27.9. The minimum Gasteiger partial charge on any atom is -0.389 e. The number of nitrogens with one attached hydrogen (secondary N) is 1. The molecular formula is C13H8Br2F2N2S. The van der Waals surface area contributed by atoms with Crippen molar-refractivity contribution in [3.8, 4) is 0 Å². The zero-order valence-electron chi connectivity index (χ0n) is 9.88. The van der Waals surface area contributed by atoms with Gasteiger partial charge in [0.1, 0.15) is 10.8 Å². The van der Waals surface area contributed by atoms with E-state index in [0.29, 0.717) is 15.7 Å². The highest BCUT2D eigenvalue weighted by Crippen LogP contribution is 2.33. The average molecular weight is 422 g/mol. The molecule has 0 saturated heterocycles. The van der Waals surface area contributed by atoms with Crippen molar-refractivity contribution < 1.29 is 8.78 Å². The molecule has 0 aliphatic rings. The van der Waals surface area contributed by atoms with Gasteiger partial charge in [-0.3, -0.25) is 0 Å². The number of hydrogen-bond donors (Lipinski definition) is 2. The van der Waals surface area contributed by atoms with Crippen LogP contribution in [0.3, 0.4) is 0 Å². The van der Waals surface area contributed by atoms with E-state index in [4.69, 9.17) is 18.0 Å². The minimum atomic E-state index is -0.717. The molecule has 0 fully saturated rings. The molecule has 7 heteroatoms. The first-order chi connectivity index (χ1) is 9.40. The predicted octanol–water partition coefficient (Wildman–Crippen LogP) is 4.87. The fourth-order valence-corrected chi connectivity index (χ4v) is 3.11. The third-order valence-electron chi connectivity index (χ3n) is 2.53. The van der Waals surface area contributed by atoms with Crippen molar-refractivity contribution in [3.05, 3.63) is 56.5 Å². The molecule has 2 aromatic rings. The fourth-order valence-electron chi connectivity index (χ4n) is 1.68. The maximum Gasteiger partial charge on any atom is 0.150 e. The Morgan fingerprint density at radius 3 is 2.45 bits per heavy atom. The maximum atomic E-state index is 13.8. The van der Waals surface area contributed by atoms with E-state index >= 15 is 0 Å². The number of hydrogen-bond acceptors (Lipinski definition) is 2. The summed E-state index contributed by atoms with van der Waals surface area (Å²) in [6.45, 7) is 0. The van der Waals surface area contributed by atoms with Crippen molar-refractivity contribution in [2.45, 2.75) is 0 Å². The largest absolute Gasteiger partial charge is 0.389 e. The summed E-state index contributed by atoms with van der Waals surface area (Å²) in [7, 11) is 0. The lowest BCUT2D eigenvalue weighted by Gasteiger charge is -2.14. The number of nitrogens with two attached hydrogens (primary N) is 1. The standard InChI is InChI=1S/C13H8Br2F2N2S/c14-7-2-1-3-10(11(7)13(18)20)19-12-8(15)4-6(16)5-9(12)17/h1-5,19H,(H2,18,20). The Bertz CT molecular complexity index is 669. The molecule has 0 aromatic heterocycles. The van der Waals surface area contributed by atoms with Crippen LogP contribution in [0.1, 0.15) is 5.56 Å². The molecule has 0 spiro atoms. The van der Waals surface area contributed by atoms with Crippen molar-refractivity contribution in [3.63, 3.8) is 0 Å². The first-order valence-electron chi connectivity index (χ1n) is 5.40. The molecule has 0 amide bonds. The molecule has 2 nitrogen and oxygen atoms in total. The molecule has 3 N–H and O–H groups in total. The lowest BCUT2D eigenvalue weighted by atomic mass is 10.1. The first-order valence-corrected chi connectivity index (χ1v) is 7.39. The van der Waals surface area contributed by atoms with Crippen LogP contribution < -0.4 is 11.1 Å². The molecular weight excluding hydrogens is 414 g/mol. The summed E-state index contributed by atoms with van der Waals surface area (Å²) in [6.07, 6.45) is 0. The van der Waals surface area contributed by atoms with E-state index in [1.54, 1.807) is 18.2 Å². The van der Waals surface area contributed by atoms with Crippen LogP contribution in [0.15, 0.2) is 39.3 Å². The quantitative estimate of drug-likeness (QED) is 0.694. The minimum absolute atomic E-state index is 0.113. The van der Waals surface area contributed by atoms with Gasteiger partial charge in [-0.1, -0.05) is 18.3 Å². The summed E-state index contributed by atoms with van der Waals surface area (Å²) in [5.74, 6) is -1.38. The second-order valence-electron chi connectivity index (χ2n) is 3.90. The van der Waals surface area contributed by atoms with Crippen molar-refractivity contribution in [1.82, 2.24) is 0 Å². The van der Waals surface area contributed by atoms with E-state index in [9.17, 15) is 8.78 Å². The van der Waals surface area contributed by atoms with Crippen LogP contribution in [0.25, 0.3) is 0 Å². The van der Waals surface area contributed by atoms with Gasteiger partial charge in [0.05, 0.1) is 5.69 Å². The van der Waals surface area contributed by atoms with Crippen LogP contribution in [0.5, 0.6) is 0 Å². The topological polar surface area (TPSA) is 38.0 Å². The Morgan fingerprint density at radius 2 is 1.85 bits per heavy atom. The normalized spacial score (nSPS) is 10.4. The van der Waals surface area contributed by atoms with E-state index in [1.807, 2.05) is 0 Å². The summed E-state index contributed by atoms with van der Waals surface area (Å²) in [5.41, 5.74) is 6.86. The van der Waals surface area contributed by atoms with E-state index < -0.39 is 11.6 Å². The molecule has 104 valence electrons. The molecule has 0 aliphatic carbocycles. The zero-order chi connectivity index (χ0) is 14.9. The summed E-state index contributed by atoms with van der Waals surface area (Å²) in [5, 5.41) is 2.87. The lowest BCUT2D eigenvalue weighted by Crippen LogP contribution is -2.13. The van der Waals surface area contributed by atoms with Crippen LogP contribution in [-0.2, 0) is 0 Å². The Hall–Kier alpha value is -1.05. The van der Waals surface area contributed by atoms with Crippen molar-refractivity contribution in [2.24, 2.45) is 5.73 Å². The van der Waals surface area contributed by atoms with Crippen LogP contribution in [-0.4, -0.2) is 4.99 Å². The number of thiocarbonyl (C=S) groups is 1. The summed E-state index contributed by atoms with van der Waals surface area (Å²) >= 11 is 11.4. The van der Waals surface area contributed by atoms with Gasteiger partial charge in [-0.2, -0.15) is 0 Å². The van der Waals surface area contributed by atoms with Gasteiger partial charge in [0.15, 0.2) is 5.82 Å². The average Bonchev–Trinajstić information content (AvgIpc) is 2.33. The number of benzene rings is 2. The Kier molecular flexibility index (Phi) is 4.72. The van der Waals surface area contributed by atoms with E-state index in [2.05, 4.69) is 37.2 Å². The maximum absolute atomic E-state index is 13.8. The molecule has 0 aliphatic heterocycles. The number of rotatable bonds is 3. The first kappa shape index (κ1) is 15.3. The monoisotopic (exact) mass is 420 g/mol. The number of anilines is 2. The third-order valence-corrected chi connectivity index (χ3v) is 4.02. The van der Waals surface area contributed by atoms with Crippen molar-refractivity contribution in [1.29, 1.82) is 0 Å². The molecule has 0 saturated carbocycles. The highest BCUT2D eigenvalue weighted by Gasteiger charge is 2.14. The second kappa shape index (κ2) is 6.15. The van der Waals surface area contributed by atoms with Crippen LogP contribution in [0.2, 0.25) is 0 Å². The number of halogens is 4. The molecule has 2 aromatic carbocycles. The second-order valence-corrected chi connectivity index (χ2v) is 6.04. The van der Waals surface area contributed by atoms with Gasteiger partial charge in [0, 0.05) is 26.3 Å². The fraction of sp³-hybridized carbons (Fsp3) is 0. The molecule has 0 heterocycles. The van der Waals surface area contributed by atoms with Gasteiger partial charge in [0.25, 0.3) is 0 Å². The molecule has 0 unspecified atom stereocenters. The van der Waals surface area contributed by atoms with E-state index in [-0.39, 0.29) is 15.1 Å². The van der Waals surface area contributed by atoms with Crippen LogP contribution >= 0.6 is 44.1 Å². The third kappa shape index (κ3) is 3.16. The van der Waals surface area contributed by atoms with Crippen LogP contribution in [0, 0.1) is 11.6 Å². The van der Waals surface area contributed by atoms with E-state index in [1.165, 1.54) is 6.07 Å². The molecule has 0 bridgehead atoms. The Morgan fingerprint density at radius 1 is 1.15 bits per heavy atom. The van der Waals surface area contributed by atoms with Gasteiger partial charge in [-0.05, 0) is 50.1 Å². The zero-order valence-corrected chi connectivity index (χ0v) is 13.9.